The Bertz CT molecular complexity index is 2520. The fourth-order valence-corrected chi connectivity index (χ4v) is 9.39. The van der Waals surface area contributed by atoms with Gasteiger partial charge in [-0.05, 0) is 133 Å². The number of carbonyl (C=O) groups is 2. The molecule has 1 fully saturated rings. The minimum absolute atomic E-state index is 0.111. The number of aromatic nitrogens is 4. The van der Waals surface area contributed by atoms with Crippen LogP contribution < -0.4 is 9.64 Å². The summed E-state index contributed by atoms with van der Waals surface area (Å²) in [5, 5.41) is 17.8. The summed E-state index contributed by atoms with van der Waals surface area (Å²) in [6.45, 7) is 15.2. The number of halogens is 2. The minimum atomic E-state index is -0.989. The van der Waals surface area contributed by atoms with Crippen LogP contribution in [0, 0.1) is 27.7 Å². The van der Waals surface area contributed by atoms with Crippen molar-refractivity contribution >= 4 is 62.7 Å². The van der Waals surface area contributed by atoms with Crippen molar-refractivity contribution in [1.82, 2.24) is 23.8 Å². The average Bonchev–Trinajstić information content (AvgIpc) is 3.94. The van der Waals surface area contributed by atoms with E-state index in [1.165, 1.54) is 12.8 Å². The molecule has 12 heteroatoms. The van der Waals surface area contributed by atoms with Gasteiger partial charge in [0.25, 0.3) is 5.91 Å². The van der Waals surface area contributed by atoms with Gasteiger partial charge in [-0.15, -0.1) is 0 Å². The molecule has 8 rings (SSSR count). The molecule has 2 aliphatic rings. The maximum absolute atomic E-state index is 15.1. The largest absolute Gasteiger partial charge is 0.494 e. The minimum Gasteiger partial charge on any atom is -0.494 e. The van der Waals surface area contributed by atoms with E-state index in [1.54, 1.807) is 18.2 Å². The van der Waals surface area contributed by atoms with E-state index in [4.69, 9.17) is 33.0 Å². The Kier molecular flexibility index (Phi) is 10.2. The second-order valence-corrected chi connectivity index (χ2v) is 16.3. The van der Waals surface area contributed by atoms with Gasteiger partial charge in [0.05, 0.1) is 34.9 Å². The first-order chi connectivity index (χ1) is 26.8. The summed E-state index contributed by atoms with van der Waals surface area (Å²) >= 11 is 13.7. The molecule has 5 heterocycles. The van der Waals surface area contributed by atoms with Crippen molar-refractivity contribution < 1.29 is 19.4 Å². The normalized spacial score (nSPS) is 16.1. The number of benzene rings is 3. The van der Waals surface area contributed by atoms with E-state index in [1.807, 2.05) is 54.6 Å². The van der Waals surface area contributed by atoms with Crippen LogP contribution in [0.4, 0.5) is 5.82 Å². The zero-order valence-corrected chi connectivity index (χ0v) is 34.4. The lowest BCUT2D eigenvalue weighted by molar-refractivity contribution is 0.0696. The van der Waals surface area contributed by atoms with E-state index in [-0.39, 0.29) is 17.5 Å². The number of aromatic carboxylic acids is 1. The maximum atomic E-state index is 15.1. The Morgan fingerprint density at radius 2 is 1.70 bits per heavy atom. The second kappa shape index (κ2) is 15.0. The average molecular weight is 796 g/mol. The number of fused-ring (bicyclic) bond motifs is 4. The third-order valence-electron chi connectivity index (χ3n) is 11.8. The van der Waals surface area contributed by atoms with Crippen LogP contribution in [-0.2, 0) is 20.0 Å². The lowest BCUT2D eigenvalue weighted by Crippen LogP contribution is -2.43. The topological polar surface area (TPSA) is 97.8 Å². The van der Waals surface area contributed by atoms with Crippen LogP contribution in [0.3, 0.4) is 0 Å². The number of hydrogen-bond acceptors (Lipinski definition) is 5. The molecule has 1 atom stereocenters. The van der Waals surface area contributed by atoms with Crippen LogP contribution in [0.1, 0.15) is 81.2 Å². The van der Waals surface area contributed by atoms with Gasteiger partial charge >= 0.3 is 5.97 Å². The quantitative estimate of drug-likeness (QED) is 0.131. The molecule has 0 bridgehead atoms. The molecule has 292 valence electrons. The number of amides is 1. The molecule has 0 aliphatic carbocycles. The van der Waals surface area contributed by atoms with Crippen LogP contribution in [0.15, 0.2) is 48.5 Å². The van der Waals surface area contributed by atoms with Crippen molar-refractivity contribution in [1.29, 1.82) is 0 Å². The number of ether oxygens (including phenoxy) is 1. The summed E-state index contributed by atoms with van der Waals surface area (Å²) in [4.78, 5) is 31.2. The highest BCUT2D eigenvalue weighted by Gasteiger charge is 2.38. The molecule has 1 N–H and O–H groups in total. The molecular weight excluding hydrogens is 747 g/mol. The van der Waals surface area contributed by atoms with Gasteiger partial charge in [0.15, 0.2) is 0 Å². The SMILES string of the molecule is Cc1cc(OCCCc2c3n(c4c(-c5c(C)nn(CCN6CCCC6)c5C)c(Cl)ccc24)[C@H](C)CN(c2cc4cc(C(=O)O)ccc4n2C)C3=O)cc(C)c1Cl. The molecule has 3 aromatic heterocycles. The second-order valence-electron chi connectivity index (χ2n) is 15.6. The number of carbonyl (C=O) groups excluding carboxylic acids is 1. The van der Waals surface area contributed by atoms with Crippen molar-refractivity contribution in [3.8, 4) is 16.9 Å². The maximum Gasteiger partial charge on any atom is 0.335 e. The van der Waals surface area contributed by atoms with Gasteiger partial charge in [-0.2, -0.15) is 5.10 Å². The predicted octanol–water partition coefficient (Wildman–Crippen LogP) is 9.56. The number of anilines is 1. The molecule has 0 unspecified atom stereocenters. The zero-order chi connectivity index (χ0) is 39.6. The van der Waals surface area contributed by atoms with Gasteiger partial charge in [0, 0.05) is 64.3 Å². The Balaban J connectivity index is 1.23. The summed E-state index contributed by atoms with van der Waals surface area (Å²) < 4.78 is 12.6. The molecule has 0 spiro atoms. The van der Waals surface area contributed by atoms with Crippen LogP contribution in [-0.4, -0.2) is 73.6 Å². The first kappa shape index (κ1) is 38.1. The Morgan fingerprint density at radius 3 is 2.41 bits per heavy atom. The summed E-state index contributed by atoms with van der Waals surface area (Å²) in [6, 6.07) is 14.8. The van der Waals surface area contributed by atoms with Crippen molar-refractivity contribution in [3.63, 3.8) is 0 Å². The van der Waals surface area contributed by atoms with E-state index in [0.29, 0.717) is 42.5 Å². The number of hydrogen-bond donors (Lipinski definition) is 1. The highest BCUT2D eigenvalue weighted by atomic mass is 35.5. The van der Waals surface area contributed by atoms with Gasteiger partial charge < -0.3 is 23.9 Å². The zero-order valence-electron chi connectivity index (χ0n) is 32.9. The monoisotopic (exact) mass is 794 g/mol. The van der Waals surface area contributed by atoms with E-state index in [0.717, 1.165) is 98.0 Å². The van der Waals surface area contributed by atoms with Gasteiger partial charge in [-0.3, -0.25) is 14.4 Å². The lowest BCUT2D eigenvalue weighted by atomic mass is 9.98. The molecule has 56 heavy (non-hydrogen) atoms. The standard InChI is InChI=1S/C44H48Cl2N6O4/c1-25-20-32(21-26(2)40(25)46)56-19-9-10-33-34-12-13-35(45)39(38-28(4)47-51(29(38)5)18-17-49-15-7-8-16-49)41(34)52-27(3)24-50(43(53)42(33)52)37-23-31-22-30(44(54)55)11-14-36(31)48(37)6/h11-14,20-23,27H,7-10,15-19,24H2,1-6H3,(H,54,55)/t27-/m1/s1. The van der Waals surface area contributed by atoms with Crippen molar-refractivity contribution in [2.75, 3.05) is 37.7 Å². The third-order valence-corrected chi connectivity index (χ3v) is 12.7. The van der Waals surface area contributed by atoms with Gasteiger partial charge in [-0.1, -0.05) is 29.3 Å². The number of aryl methyl sites for hydroxylation is 5. The molecule has 10 nitrogen and oxygen atoms in total. The first-order valence-corrected chi connectivity index (χ1v) is 20.3. The van der Waals surface area contributed by atoms with Crippen molar-refractivity contribution in [3.05, 3.63) is 97.9 Å². The Labute approximate surface area is 337 Å². The smallest absolute Gasteiger partial charge is 0.335 e. The fraction of sp³-hybridized carbons (Fsp3) is 0.386. The molecule has 0 saturated carbocycles. The van der Waals surface area contributed by atoms with Crippen LogP contribution in [0.2, 0.25) is 10.0 Å². The number of carboxylic acid groups (broad SMARTS) is 1. The fourth-order valence-electron chi connectivity index (χ4n) is 9.04. The van der Waals surface area contributed by atoms with Crippen molar-refractivity contribution in [2.45, 2.75) is 72.9 Å². The van der Waals surface area contributed by atoms with Crippen LogP contribution in [0.25, 0.3) is 32.9 Å². The first-order valence-electron chi connectivity index (χ1n) is 19.5. The molecule has 1 saturated heterocycles. The summed E-state index contributed by atoms with van der Waals surface area (Å²) in [6.07, 6.45) is 3.76. The predicted molar refractivity (Wildman–Crippen MR) is 224 cm³/mol. The van der Waals surface area contributed by atoms with Crippen LogP contribution in [0.5, 0.6) is 5.75 Å². The molecule has 3 aromatic carbocycles. The highest BCUT2D eigenvalue weighted by molar-refractivity contribution is 6.35. The van der Waals surface area contributed by atoms with Gasteiger partial charge in [-0.25, -0.2) is 4.79 Å². The summed E-state index contributed by atoms with van der Waals surface area (Å²) in [5.74, 6) is 0.382. The third kappa shape index (κ3) is 6.55. The molecule has 0 radical (unpaired) electrons. The van der Waals surface area contributed by atoms with E-state index in [2.05, 4.69) is 41.0 Å². The Hall–Kier alpha value is -4.77. The molecule has 1 amide bonds. The number of rotatable bonds is 11. The van der Waals surface area contributed by atoms with E-state index >= 15 is 4.79 Å². The van der Waals surface area contributed by atoms with Crippen molar-refractivity contribution in [2.24, 2.45) is 7.05 Å². The number of carboxylic acids is 1. The van der Waals surface area contributed by atoms with Gasteiger partial charge in [0.1, 0.15) is 17.3 Å². The number of nitrogens with zero attached hydrogens (tertiary/aromatic N) is 6. The lowest BCUT2D eigenvalue weighted by Gasteiger charge is -2.34. The Morgan fingerprint density at radius 1 is 0.964 bits per heavy atom. The molecule has 2 aliphatic heterocycles. The summed E-state index contributed by atoms with van der Waals surface area (Å²) in [7, 11) is 1.92. The van der Waals surface area contributed by atoms with E-state index < -0.39 is 5.97 Å². The van der Waals surface area contributed by atoms with E-state index in [9.17, 15) is 9.90 Å². The summed E-state index contributed by atoms with van der Waals surface area (Å²) in [5.41, 5.74) is 9.40. The number of likely N-dealkylation sites (tertiary alicyclic amines) is 1. The van der Waals surface area contributed by atoms with Crippen LogP contribution >= 0.6 is 23.2 Å². The molecule has 6 aromatic rings. The highest BCUT2D eigenvalue weighted by Crippen LogP contribution is 2.45. The van der Waals surface area contributed by atoms with Gasteiger partial charge in [0.2, 0.25) is 0 Å². The molecular formula is C44H48Cl2N6O4.